The molecule has 1 aromatic carbocycles. The highest BCUT2D eigenvalue weighted by atomic mass is 32.2. The average Bonchev–Trinajstić information content (AvgIpc) is 2.45. The minimum absolute atomic E-state index is 0.200. The van der Waals surface area contributed by atoms with Crippen LogP contribution in [0.15, 0.2) is 23.1 Å². The molecule has 0 fully saturated rings. The maximum atomic E-state index is 11.7. The normalized spacial score (nSPS) is 14.7. The first kappa shape index (κ1) is 10.2. The Morgan fingerprint density at radius 1 is 1.20 bits per heavy atom. The van der Waals surface area contributed by atoms with Crippen LogP contribution in [0.5, 0.6) is 0 Å². The number of hydrogen-bond acceptors (Lipinski definition) is 3. The largest absolute Gasteiger partial charge is 0.277 e. The highest BCUT2D eigenvalue weighted by molar-refractivity contribution is 7.99. The quantitative estimate of drug-likeness (QED) is 0.566. The number of carbonyl (C=O) groups is 2. The second-order valence-electron chi connectivity index (χ2n) is 3.31. The number of hydrogen-bond donors (Lipinski definition) is 0. The molecule has 0 saturated carbocycles. The van der Waals surface area contributed by atoms with E-state index in [1.54, 1.807) is 23.9 Å². The zero-order valence-corrected chi connectivity index (χ0v) is 9.43. The number of fused-ring (bicyclic) bond motifs is 1. The van der Waals surface area contributed by atoms with Crippen molar-refractivity contribution in [3.63, 3.8) is 0 Å². The smallest absolute Gasteiger partial charge is 0.261 e. The summed E-state index contributed by atoms with van der Waals surface area (Å²) >= 11 is 1.66. The molecule has 0 atom stereocenters. The number of benzene rings is 1. The lowest BCUT2D eigenvalue weighted by atomic mass is 10.1. The topological polar surface area (TPSA) is 37.4 Å². The second kappa shape index (κ2) is 3.70. The van der Waals surface area contributed by atoms with Crippen LogP contribution >= 0.6 is 11.8 Å². The minimum atomic E-state index is -0.206. The van der Waals surface area contributed by atoms with Gasteiger partial charge in [0.05, 0.1) is 11.1 Å². The molecule has 0 saturated heterocycles. The molecule has 4 heteroatoms. The number of thioether (sulfide) groups is 1. The molecule has 0 bridgehead atoms. The maximum absolute atomic E-state index is 11.7. The molecule has 3 nitrogen and oxygen atoms in total. The van der Waals surface area contributed by atoms with Crippen LogP contribution in [0.1, 0.15) is 27.6 Å². The van der Waals surface area contributed by atoms with Crippen LogP contribution in [0, 0.1) is 0 Å². The summed E-state index contributed by atoms with van der Waals surface area (Å²) in [4.78, 5) is 25.4. The summed E-state index contributed by atoms with van der Waals surface area (Å²) in [6.45, 7) is 2.05. The number of nitrogens with zero attached hydrogens (tertiary/aromatic N) is 1. The van der Waals surface area contributed by atoms with Crippen LogP contribution in [-0.4, -0.2) is 29.5 Å². The first-order valence-electron chi connectivity index (χ1n) is 4.74. The van der Waals surface area contributed by atoms with Gasteiger partial charge in [-0.1, -0.05) is 6.92 Å². The van der Waals surface area contributed by atoms with E-state index in [9.17, 15) is 9.59 Å². The fourth-order valence-corrected chi connectivity index (χ4v) is 2.30. The lowest BCUT2D eigenvalue weighted by Gasteiger charge is -2.02. The third-order valence-electron chi connectivity index (χ3n) is 2.37. The molecule has 0 unspecified atom stereocenters. The number of amides is 2. The third kappa shape index (κ3) is 1.55. The molecule has 1 aromatic rings. The minimum Gasteiger partial charge on any atom is -0.277 e. The van der Waals surface area contributed by atoms with Gasteiger partial charge in [0.15, 0.2) is 0 Å². The van der Waals surface area contributed by atoms with Gasteiger partial charge in [-0.05, 0) is 24.0 Å². The van der Waals surface area contributed by atoms with Crippen molar-refractivity contribution in [2.24, 2.45) is 0 Å². The molecular formula is C11H11NO2S. The van der Waals surface area contributed by atoms with Crippen LogP contribution in [0.25, 0.3) is 0 Å². The molecule has 0 spiro atoms. The summed E-state index contributed by atoms with van der Waals surface area (Å²) in [5, 5.41) is 0. The molecule has 0 aliphatic carbocycles. The van der Waals surface area contributed by atoms with Gasteiger partial charge in [-0.3, -0.25) is 14.5 Å². The van der Waals surface area contributed by atoms with E-state index < -0.39 is 0 Å². The van der Waals surface area contributed by atoms with Crippen molar-refractivity contribution in [2.45, 2.75) is 11.8 Å². The highest BCUT2D eigenvalue weighted by Gasteiger charge is 2.32. The monoisotopic (exact) mass is 221 g/mol. The van der Waals surface area contributed by atoms with Crippen molar-refractivity contribution in [2.75, 3.05) is 12.8 Å². The lowest BCUT2D eigenvalue weighted by Crippen LogP contribution is -2.24. The van der Waals surface area contributed by atoms with Crippen LogP contribution in [0.4, 0.5) is 0 Å². The predicted octanol–water partition coefficient (Wildman–Crippen LogP) is 2.02. The van der Waals surface area contributed by atoms with E-state index in [-0.39, 0.29) is 11.8 Å². The summed E-state index contributed by atoms with van der Waals surface area (Å²) in [5.41, 5.74) is 1.05. The summed E-state index contributed by atoms with van der Waals surface area (Å²) in [6, 6.07) is 5.42. The van der Waals surface area contributed by atoms with E-state index in [2.05, 4.69) is 6.92 Å². The SMILES string of the molecule is CCSc1ccc2c(c1)C(=O)N(C)C2=O. The molecule has 1 aliphatic rings. The van der Waals surface area contributed by atoms with E-state index in [1.165, 1.54) is 7.05 Å². The van der Waals surface area contributed by atoms with Crippen molar-refractivity contribution in [1.82, 2.24) is 4.90 Å². The highest BCUT2D eigenvalue weighted by Crippen LogP contribution is 2.26. The number of imide groups is 1. The molecule has 1 heterocycles. The van der Waals surface area contributed by atoms with Gasteiger partial charge in [-0.2, -0.15) is 0 Å². The van der Waals surface area contributed by atoms with Crippen LogP contribution in [0.2, 0.25) is 0 Å². The summed E-state index contributed by atoms with van der Waals surface area (Å²) in [5.74, 6) is 0.549. The standard InChI is InChI=1S/C11H11NO2S/c1-3-15-7-4-5-8-9(6-7)11(14)12(2)10(8)13/h4-6H,3H2,1-2H3. The Morgan fingerprint density at radius 2 is 1.87 bits per heavy atom. The van der Waals surface area contributed by atoms with Crippen LogP contribution in [-0.2, 0) is 0 Å². The van der Waals surface area contributed by atoms with E-state index in [0.717, 1.165) is 15.5 Å². The van der Waals surface area contributed by atoms with Gasteiger partial charge < -0.3 is 0 Å². The molecule has 1 aliphatic heterocycles. The Labute approximate surface area is 92.5 Å². The number of carbonyl (C=O) groups excluding carboxylic acids is 2. The first-order valence-corrected chi connectivity index (χ1v) is 5.73. The van der Waals surface area contributed by atoms with Crippen LogP contribution in [0.3, 0.4) is 0 Å². The summed E-state index contributed by atoms with van der Waals surface area (Å²) in [6.07, 6.45) is 0. The van der Waals surface area contributed by atoms with Gasteiger partial charge in [0, 0.05) is 11.9 Å². The van der Waals surface area contributed by atoms with Gasteiger partial charge in [-0.25, -0.2) is 0 Å². The predicted molar refractivity (Wildman–Crippen MR) is 59.3 cm³/mol. The van der Waals surface area contributed by atoms with Crippen molar-refractivity contribution in [1.29, 1.82) is 0 Å². The second-order valence-corrected chi connectivity index (χ2v) is 4.65. The molecule has 2 amide bonds. The molecule has 0 radical (unpaired) electrons. The Kier molecular flexibility index (Phi) is 2.52. The molecule has 2 rings (SSSR count). The summed E-state index contributed by atoms with van der Waals surface area (Å²) in [7, 11) is 1.51. The van der Waals surface area contributed by atoms with Gasteiger partial charge in [-0.15, -0.1) is 11.8 Å². The average molecular weight is 221 g/mol. The van der Waals surface area contributed by atoms with E-state index >= 15 is 0 Å². The van der Waals surface area contributed by atoms with Crippen molar-refractivity contribution in [3.8, 4) is 0 Å². The van der Waals surface area contributed by atoms with E-state index in [0.29, 0.717) is 11.1 Å². The number of rotatable bonds is 2. The van der Waals surface area contributed by atoms with Gasteiger partial charge >= 0.3 is 0 Å². The fraction of sp³-hybridized carbons (Fsp3) is 0.273. The Bertz CT molecular complexity index is 442. The third-order valence-corrected chi connectivity index (χ3v) is 3.25. The van der Waals surface area contributed by atoms with Gasteiger partial charge in [0.25, 0.3) is 11.8 Å². The van der Waals surface area contributed by atoms with Crippen molar-refractivity contribution < 1.29 is 9.59 Å². The Morgan fingerprint density at radius 3 is 2.53 bits per heavy atom. The van der Waals surface area contributed by atoms with E-state index in [1.807, 2.05) is 6.07 Å². The zero-order chi connectivity index (χ0) is 11.0. The van der Waals surface area contributed by atoms with E-state index in [4.69, 9.17) is 0 Å². The van der Waals surface area contributed by atoms with Crippen molar-refractivity contribution >= 4 is 23.6 Å². The van der Waals surface area contributed by atoms with Crippen LogP contribution < -0.4 is 0 Å². The molecule has 0 N–H and O–H groups in total. The zero-order valence-electron chi connectivity index (χ0n) is 8.61. The van der Waals surface area contributed by atoms with Gasteiger partial charge in [0.1, 0.15) is 0 Å². The Balaban J connectivity index is 2.47. The fourth-order valence-electron chi connectivity index (χ4n) is 1.60. The molecular weight excluding hydrogens is 210 g/mol. The maximum Gasteiger partial charge on any atom is 0.261 e. The molecule has 0 aromatic heterocycles. The van der Waals surface area contributed by atoms with Gasteiger partial charge in [0.2, 0.25) is 0 Å². The molecule has 78 valence electrons. The lowest BCUT2D eigenvalue weighted by molar-refractivity contribution is 0.0693. The summed E-state index contributed by atoms with van der Waals surface area (Å²) < 4.78 is 0. The molecule has 15 heavy (non-hydrogen) atoms. The first-order chi connectivity index (χ1) is 7.15. The Hall–Kier alpha value is -1.29. The van der Waals surface area contributed by atoms with Crippen molar-refractivity contribution in [3.05, 3.63) is 29.3 Å².